The molecule has 160 valence electrons. The molecule has 4 aromatic rings. The molecule has 0 saturated carbocycles. The quantitative estimate of drug-likeness (QED) is 0.335. The Balaban J connectivity index is 1.34. The smallest absolute Gasteiger partial charge is 0.146 e. The summed E-state index contributed by atoms with van der Waals surface area (Å²) in [4.78, 5) is 12.8. The normalized spacial score (nSPS) is 23.7. The summed E-state index contributed by atoms with van der Waals surface area (Å²) in [5, 5.41) is 22.7. The Bertz CT molecular complexity index is 1280. The molecule has 1 fully saturated rings. The van der Waals surface area contributed by atoms with Crippen molar-refractivity contribution in [3.05, 3.63) is 52.9 Å². The number of thioether (sulfide) groups is 1. The van der Waals surface area contributed by atoms with Crippen molar-refractivity contribution in [1.29, 1.82) is 0 Å². The van der Waals surface area contributed by atoms with Crippen LogP contribution in [0, 0.1) is 0 Å². The Morgan fingerprint density at radius 1 is 1.06 bits per heavy atom. The number of aliphatic hydroxyl groups excluding tert-OH is 2. The minimum Gasteiger partial charge on any atom is -0.389 e. The molecule has 4 heterocycles. The zero-order valence-electron chi connectivity index (χ0n) is 16.4. The summed E-state index contributed by atoms with van der Waals surface area (Å²) >= 11 is 4.96. The molecule has 10 heteroatoms. The van der Waals surface area contributed by atoms with Crippen molar-refractivity contribution < 1.29 is 10.2 Å². The van der Waals surface area contributed by atoms with E-state index in [1.54, 1.807) is 11.8 Å². The summed E-state index contributed by atoms with van der Waals surface area (Å²) in [6.07, 6.45) is 2.97. The Kier molecular flexibility index (Phi) is 5.25. The SMILES string of the molecule is Nc1nc2cc(CC[C@@H]3S[C@@H](n4ccc5c(N)ncnc54)[C@H](O)[C@@H]3O)ccc2cc1Br. The molecule has 4 atom stereocenters. The molecular weight excluding hydrogens is 480 g/mol. The fourth-order valence-corrected chi connectivity index (χ4v) is 5.95. The predicted molar refractivity (Wildman–Crippen MR) is 127 cm³/mol. The Hall–Kier alpha value is -2.40. The number of nitrogen functional groups attached to an aromatic ring is 2. The zero-order valence-corrected chi connectivity index (χ0v) is 18.8. The van der Waals surface area contributed by atoms with Crippen LogP contribution in [0.25, 0.3) is 21.9 Å². The van der Waals surface area contributed by atoms with Crippen LogP contribution in [0.4, 0.5) is 11.6 Å². The number of fused-ring (bicyclic) bond motifs is 2. The molecule has 1 aromatic carbocycles. The summed E-state index contributed by atoms with van der Waals surface area (Å²) in [6, 6.07) is 9.90. The van der Waals surface area contributed by atoms with Gasteiger partial charge in [-0.2, -0.15) is 0 Å². The molecule has 8 nitrogen and oxygen atoms in total. The van der Waals surface area contributed by atoms with E-state index in [2.05, 4.69) is 36.9 Å². The number of aryl methyl sites for hydroxylation is 1. The van der Waals surface area contributed by atoms with E-state index in [4.69, 9.17) is 11.5 Å². The molecular formula is C21H21BrN6O2S. The molecule has 1 aliphatic rings. The number of rotatable bonds is 4. The number of nitrogens with two attached hydrogens (primary N) is 2. The third-order valence-electron chi connectivity index (χ3n) is 5.73. The highest BCUT2D eigenvalue weighted by molar-refractivity contribution is 9.10. The van der Waals surface area contributed by atoms with E-state index in [1.807, 2.05) is 35.0 Å². The predicted octanol–water partition coefficient (Wildman–Crippen LogP) is 2.88. The molecule has 1 saturated heterocycles. The lowest BCUT2D eigenvalue weighted by Gasteiger charge is -2.17. The number of aromatic nitrogens is 4. The molecule has 0 spiro atoms. The van der Waals surface area contributed by atoms with Gasteiger partial charge in [0.2, 0.25) is 0 Å². The first kappa shape index (κ1) is 20.5. The lowest BCUT2D eigenvalue weighted by Crippen LogP contribution is -2.31. The van der Waals surface area contributed by atoms with E-state index in [-0.39, 0.29) is 10.6 Å². The standard InChI is InChI=1S/C21H21BrN6O2S/c22-13-8-11-3-1-10(7-14(11)27-19(13)24)2-4-15-16(29)17(30)21(31-15)28-6-5-12-18(23)25-9-26-20(12)28/h1,3,5-9,15-17,21,29-30H,2,4H2,(H2,24,27)(H2,23,25,26)/t15-,16+,17+,21+/m0/s1. The van der Waals surface area contributed by atoms with Crippen LogP contribution in [-0.4, -0.2) is 47.2 Å². The Labute approximate surface area is 190 Å². The van der Waals surface area contributed by atoms with E-state index in [0.29, 0.717) is 23.7 Å². The van der Waals surface area contributed by atoms with Crippen molar-refractivity contribution in [2.24, 2.45) is 0 Å². The van der Waals surface area contributed by atoms with Gasteiger partial charge in [-0.25, -0.2) is 15.0 Å². The highest BCUT2D eigenvalue weighted by Gasteiger charge is 2.43. The van der Waals surface area contributed by atoms with E-state index < -0.39 is 12.2 Å². The average Bonchev–Trinajstić information content (AvgIpc) is 3.30. The first-order valence-electron chi connectivity index (χ1n) is 9.85. The zero-order chi connectivity index (χ0) is 21.7. The van der Waals surface area contributed by atoms with Gasteiger partial charge in [-0.15, -0.1) is 11.8 Å². The maximum atomic E-state index is 10.7. The Morgan fingerprint density at radius 3 is 2.74 bits per heavy atom. The topological polar surface area (TPSA) is 136 Å². The summed E-state index contributed by atoms with van der Waals surface area (Å²) in [7, 11) is 0. The average molecular weight is 501 g/mol. The first-order valence-corrected chi connectivity index (χ1v) is 11.6. The number of halogens is 1. The van der Waals surface area contributed by atoms with Crippen molar-refractivity contribution in [1.82, 2.24) is 19.5 Å². The number of aliphatic hydroxyl groups is 2. The highest BCUT2D eigenvalue weighted by atomic mass is 79.9. The van der Waals surface area contributed by atoms with Gasteiger partial charge in [0, 0.05) is 16.8 Å². The molecule has 0 unspecified atom stereocenters. The monoisotopic (exact) mass is 500 g/mol. The van der Waals surface area contributed by atoms with Crippen molar-refractivity contribution >= 4 is 61.3 Å². The summed E-state index contributed by atoms with van der Waals surface area (Å²) in [6.45, 7) is 0. The van der Waals surface area contributed by atoms with Gasteiger partial charge in [-0.3, -0.25) is 0 Å². The highest BCUT2D eigenvalue weighted by Crippen LogP contribution is 2.45. The van der Waals surface area contributed by atoms with Crippen LogP contribution in [-0.2, 0) is 6.42 Å². The largest absolute Gasteiger partial charge is 0.389 e. The molecule has 0 radical (unpaired) electrons. The molecule has 5 rings (SSSR count). The molecule has 0 aliphatic carbocycles. The second-order valence-electron chi connectivity index (χ2n) is 7.69. The van der Waals surface area contributed by atoms with Gasteiger partial charge in [0.25, 0.3) is 0 Å². The molecule has 1 aliphatic heterocycles. The van der Waals surface area contributed by atoms with E-state index in [9.17, 15) is 10.2 Å². The third kappa shape index (κ3) is 3.63. The van der Waals surface area contributed by atoms with Crippen LogP contribution in [0.15, 0.2) is 47.3 Å². The van der Waals surface area contributed by atoms with E-state index in [0.717, 1.165) is 32.7 Å². The van der Waals surface area contributed by atoms with Gasteiger partial charge in [0.1, 0.15) is 35.1 Å². The number of hydrogen-bond donors (Lipinski definition) is 4. The molecule has 0 bridgehead atoms. The third-order valence-corrected chi connectivity index (χ3v) is 8.02. The summed E-state index contributed by atoms with van der Waals surface area (Å²) < 4.78 is 2.65. The fourth-order valence-electron chi connectivity index (χ4n) is 4.06. The van der Waals surface area contributed by atoms with Crippen molar-refractivity contribution in [3.63, 3.8) is 0 Å². The van der Waals surface area contributed by atoms with E-state index in [1.165, 1.54) is 6.33 Å². The van der Waals surface area contributed by atoms with E-state index >= 15 is 0 Å². The van der Waals surface area contributed by atoms with Crippen LogP contribution in [0.3, 0.4) is 0 Å². The van der Waals surface area contributed by atoms with Crippen molar-refractivity contribution in [2.45, 2.75) is 35.7 Å². The fraction of sp³-hybridized carbons (Fsp3) is 0.286. The molecule has 31 heavy (non-hydrogen) atoms. The lowest BCUT2D eigenvalue weighted by atomic mass is 10.0. The maximum Gasteiger partial charge on any atom is 0.146 e. The Morgan fingerprint density at radius 2 is 1.90 bits per heavy atom. The molecule has 3 aromatic heterocycles. The maximum absolute atomic E-state index is 10.7. The number of benzene rings is 1. The summed E-state index contributed by atoms with van der Waals surface area (Å²) in [5.74, 6) is 0.858. The van der Waals surface area contributed by atoms with Gasteiger partial charge in [0.15, 0.2) is 0 Å². The summed E-state index contributed by atoms with van der Waals surface area (Å²) in [5.41, 5.74) is 14.4. The second kappa shape index (κ2) is 7.94. The minimum atomic E-state index is -0.905. The number of nitrogens with zero attached hydrogens (tertiary/aromatic N) is 4. The number of pyridine rings is 1. The van der Waals surface area contributed by atoms with Gasteiger partial charge >= 0.3 is 0 Å². The van der Waals surface area contributed by atoms with Crippen molar-refractivity contribution in [3.8, 4) is 0 Å². The molecule has 0 amide bonds. The van der Waals surface area contributed by atoms with Gasteiger partial charge < -0.3 is 26.2 Å². The van der Waals surface area contributed by atoms with Crippen LogP contribution in [0.2, 0.25) is 0 Å². The second-order valence-corrected chi connectivity index (χ2v) is 9.90. The van der Waals surface area contributed by atoms with Gasteiger partial charge in [-0.05, 0) is 52.5 Å². The minimum absolute atomic E-state index is 0.115. The lowest BCUT2D eigenvalue weighted by molar-refractivity contribution is 0.0176. The van der Waals surface area contributed by atoms with Crippen LogP contribution >= 0.6 is 27.7 Å². The van der Waals surface area contributed by atoms with Gasteiger partial charge in [0.05, 0.1) is 21.5 Å². The van der Waals surface area contributed by atoms with Gasteiger partial charge in [-0.1, -0.05) is 12.1 Å². The number of hydrogen-bond acceptors (Lipinski definition) is 8. The van der Waals surface area contributed by atoms with Crippen LogP contribution in [0.5, 0.6) is 0 Å². The van der Waals surface area contributed by atoms with Crippen molar-refractivity contribution in [2.75, 3.05) is 11.5 Å². The van der Waals surface area contributed by atoms with Crippen LogP contribution < -0.4 is 11.5 Å². The number of anilines is 2. The first-order chi connectivity index (χ1) is 14.9. The molecule has 6 N–H and O–H groups in total. The van der Waals surface area contributed by atoms with Crippen LogP contribution in [0.1, 0.15) is 17.4 Å².